The molecule has 2 aromatic rings. The van der Waals surface area contributed by atoms with E-state index in [9.17, 15) is 0 Å². The number of nitrogens with zero attached hydrogens (tertiary/aromatic N) is 3. The van der Waals surface area contributed by atoms with Crippen molar-refractivity contribution >= 4 is 22.7 Å². The fraction of sp³-hybridized carbons (Fsp3) is 0.267. The van der Waals surface area contributed by atoms with Crippen LogP contribution in [0.15, 0.2) is 34.7 Å². The Hall–Kier alpha value is -2.39. The molecule has 5 nitrogen and oxygen atoms in total. The van der Waals surface area contributed by atoms with E-state index in [1.807, 2.05) is 36.6 Å². The van der Waals surface area contributed by atoms with Crippen LogP contribution >= 0.6 is 11.3 Å². The van der Waals surface area contributed by atoms with E-state index in [1.54, 1.807) is 6.21 Å². The van der Waals surface area contributed by atoms with Crippen molar-refractivity contribution in [2.24, 2.45) is 5.10 Å². The summed E-state index contributed by atoms with van der Waals surface area (Å²) < 4.78 is 5.52. The number of hydrazone groups is 1. The fourth-order valence-electron chi connectivity index (χ4n) is 1.56. The second-order valence-corrected chi connectivity index (χ2v) is 5.20. The molecule has 0 bridgehead atoms. The number of thiazole rings is 1. The third-order valence-corrected chi connectivity index (χ3v) is 3.44. The minimum Gasteiger partial charge on any atom is -0.494 e. The van der Waals surface area contributed by atoms with Crippen molar-refractivity contribution in [2.45, 2.75) is 19.8 Å². The SMILES string of the molecule is Cc1csc(NN=Cc2ccc(OCCCC#N)cc2)n1. The number of rotatable bonds is 7. The van der Waals surface area contributed by atoms with Gasteiger partial charge in [0, 0.05) is 11.8 Å². The van der Waals surface area contributed by atoms with Crippen molar-refractivity contribution < 1.29 is 4.74 Å². The third kappa shape index (κ3) is 5.24. The molecule has 0 radical (unpaired) electrons. The highest BCUT2D eigenvalue weighted by atomic mass is 32.1. The summed E-state index contributed by atoms with van der Waals surface area (Å²) in [6.07, 6.45) is 3.00. The summed E-state index contributed by atoms with van der Waals surface area (Å²) in [5.41, 5.74) is 4.85. The Morgan fingerprint density at radius 1 is 1.43 bits per heavy atom. The summed E-state index contributed by atoms with van der Waals surface area (Å²) in [6, 6.07) is 9.73. The molecule has 1 N–H and O–H groups in total. The van der Waals surface area contributed by atoms with Gasteiger partial charge in [0.2, 0.25) is 5.13 Å². The van der Waals surface area contributed by atoms with Gasteiger partial charge in [-0.25, -0.2) is 4.98 Å². The molecule has 1 heterocycles. The largest absolute Gasteiger partial charge is 0.494 e. The Labute approximate surface area is 127 Å². The highest BCUT2D eigenvalue weighted by Crippen LogP contribution is 2.14. The molecule has 6 heteroatoms. The maximum Gasteiger partial charge on any atom is 0.203 e. The molecule has 1 aromatic carbocycles. The van der Waals surface area contributed by atoms with E-state index in [0.29, 0.717) is 13.0 Å². The maximum atomic E-state index is 8.44. The number of nitrogens with one attached hydrogen (secondary N) is 1. The van der Waals surface area contributed by atoms with E-state index in [-0.39, 0.29) is 0 Å². The summed E-state index contributed by atoms with van der Waals surface area (Å²) in [4.78, 5) is 4.26. The van der Waals surface area contributed by atoms with Crippen LogP contribution in [0, 0.1) is 18.3 Å². The van der Waals surface area contributed by atoms with Gasteiger partial charge in [0.1, 0.15) is 5.75 Å². The molecule has 108 valence electrons. The Morgan fingerprint density at radius 2 is 2.24 bits per heavy atom. The number of anilines is 1. The van der Waals surface area contributed by atoms with Gasteiger partial charge in [0.05, 0.1) is 24.6 Å². The number of hydrogen-bond donors (Lipinski definition) is 1. The van der Waals surface area contributed by atoms with Crippen LogP contribution in [0.4, 0.5) is 5.13 Å². The minimum absolute atomic E-state index is 0.520. The summed E-state index contributed by atoms with van der Waals surface area (Å²) in [5, 5.41) is 15.3. The quantitative estimate of drug-likeness (QED) is 0.482. The Morgan fingerprint density at radius 3 is 2.90 bits per heavy atom. The zero-order valence-electron chi connectivity index (χ0n) is 11.7. The first-order valence-corrected chi connectivity index (χ1v) is 7.47. The fourth-order valence-corrected chi connectivity index (χ4v) is 2.20. The smallest absolute Gasteiger partial charge is 0.203 e. The normalized spacial score (nSPS) is 10.5. The molecular weight excluding hydrogens is 284 g/mol. The van der Waals surface area contributed by atoms with Gasteiger partial charge in [-0.3, -0.25) is 5.43 Å². The first-order chi connectivity index (χ1) is 10.3. The second kappa shape index (κ2) is 8.02. The number of ether oxygens (including phenoxy) is 1. The summed E-state index contributed by atoms with van der Waals surface area (Å²) in [6.45, 7) is 2.51. The Bertz CT molecular complexity index is 628. The number of unbranched alkanes of at least 4 members (excludes halogenated alkanes) is 1. The van der Waals surface area contributed by atoms with Crippen LogP contribution < -0.4 is 10.2 Å². The Kier molecular flexibility index (Phi) is 5.73. The molecule has 0 saturated heterocycles. The van der Waals surface area contributed by atoms with Crippen LogP contribution in [0.5, 0.6) is 5.75 Å². The summed E-state index contributed by atoms with van der Waals surface area (Å²) in [7, 11) is 0. The average molecular weight is 300 g/mol. The average Bonchev–Trinajstić information content (AvgIpc) is 2.91. The monoisotopic (exact) mass is 300 g/mol. The number of aryl methyl sites for hydroxylation is 1. The van der Waals surface area contributed by atoms with Gasteiger partial charge in [-0.2, -0.15) is 10.4 Å². The van der Waals surface area contributed by atoms with Gasteiger partial charge in [0.15, 0.2) is 0 Å². The maximum absolute atomic E-state index is 8.44. The molecule has 0 spiro atoms. The predicted octanol–water partition coefficient (Wildman–Crippen LogP) is 3.58. The topological polar surface area (TPSA) is 70.3 Å². The summed E-state index contributed by atoms with van der Waals surface area (Å²) >= 11 is 1.52. The van der Waals surface area contributed by atoms with Crippen LogP contribution in [0.3, 0.4) is 0 Å². The summed E-state index contributed by atoms with van der Waals surface area (Å²) in [5.74, 6) is 0.800. The molecular formula is C15H16N4OS. The van der Waals surface area contributed by atoms with Crippen molar-refractivity contribution in [3.05, 3.63) is 40.9 Å². The standard InChI is InChI=1S/C15H16N4OS/c1-12-11-21-15(18-12)19-17-10-13-4-6-14(7-5-13)20-9-3-2-8-16/h4-7,10-11H,2-3,9H2,1H3,(H,18,19). The van der Waals surface area contributed by atoms with E-state index >= 15 is 0 Å². The van der Waals surface area contributed by atoms with Gasteiger partial charge in [-0.15, -0.1) is 11.3 Å². The van der Waals surface area contributed by atoms with Crippen LogP contribution in [0.1, 0.15) is 24.1 Å². The van der Waals surface area contributed by atoms with Crippen molar-refractivity contribution in [2.75, 3.05) is 12.0 Å². The lowest BCUT2D eigenvalue weighted by Crippen LogP contribution is -1.96. The van der Waals surface area contributed by atoms with Crippen LogP contribution in [0.25, 0.3) is 0 Å². The van der Waals surface area contributed by atoms with Gasteiger partial charge in [-0.05, 0) is 43.2 Å². The molecule has 0 amide bonds. The molecule has 2 rings (SSSR count). The van der Waals surface area contributed by atoms with Crippen molar-refractivity contribution in [1.82, 2.24) is 4.98 Å². The van der Waals surface area contributed by atoms with Gasteiger partial charge >= 0.3 is 0 Å². The molecule has 0 fully saturated rings. The van der Waals surface area contributed by atoms with Gasteiger partial charge in [0.25, 0.3) is 0 Å². The lowest BCUT2D eigenvalue weighted by molar-refractivity contribution is 0.312. The van der Waals surface area contributed by atoms with E-state index in [1.165, 1.54) is 11.3 Å². The zero-order chi connectivity index (χ0) is 14.9. The van der Waals surface area contributed by atoms with Crippen molar-refractivity contribution in [3.63, 3.8) is 0 Å². The first-order valence-electron chi connectivity index (χ1n) is 6.59. The highest BCUT2D eigenvalue weighted by Gasteiger charge is 1.96. The van der Waals surface area contributed by atoms with Crippen LogP contribution in [-0.2, 0) is 0 Å². The molecule has 1 aromatic heterocycles. The molecule has 0 aliphatic carbocycles. The van der Waals surface area contributed by atoms with Gasteiger partial charge < -0.3 is 4.74 Å². The van der Waals surface area contributed by atoms with E-state index in [0.717, 1.165) is 28.6 Å². The number of hydrogen-bond acceptors (Lipinski definition) is 6. The Balaban J connectivity index is 1.80. The lowest BCUT2D eigenvalue weighted by atomic mass is 10.2. The zero-order valence-corrected chi connectivity index (χ0v) is 12.6. The number of nitriles is 1. The third-order valence-electron chi connectivity index (χ3n) is 2.57. The second-order valence-electron chi connectivity index (χ2n) is 4.34. The van der Waals surface area contributed by atoms with Crippen molar-refractivity contribution in [3.8, 4) is 11.8 Å². The lowest BCUT2D eigenvalue weighted by Gasteiger charge is -2.04. The number of benzene rings is 1. The van der Waals surface area contributed by atoms with E-state index in [4.69, 9.17) is 10.00 Å². The predicted molar refractivity (Wildman–Crippen MR) is 84.9 cm³/mol. The van der Waals surface area contributed by atoms with E-state index in [2.05, 4.69) is 21.6 Å². The highest BCUT2D eigenvalue weighted by molar-refractivity contribution is 7.13. The molecule has 0 atom stereocenters. The number of aromatic nitrogens is 1. The molecule has 0 aliphatic rings. The molecule has 21 heavy (non-hydrogen) atoms. The molecule has 0 unspecified atom stereocenters. The van der Waals surface area contributed by atoms with E-state index < -0.39 is 0 Å². The van der Waals surface area contributed by atoms with Crippen LogP contribution in [0.2, 0.25) is 0 Å². The molecule has 0 saturated carbocycles. The van der Waals surface area contributed by atoms with Crippen LogP contribution in [-0.4, -0.2) is 17.8 Å². The molecule has 0 aliphatic heterocycles. The van der Waals surface area contributed by atoms with Gasteiger partial charge in [-0.1, -0.05) is 0 Å². The minimum atomic E-state index is 0.520. The van der Waals surface area contributed by atoms with Crippen molar-refractivity contribution in [1.29, 1.82) is 5.26 Å². The first kappa shape index (κ1) is 15.0.